The molecule has 3 aromatic carbocycles. The number of hydrogen-bond donors (Lipinski definition) is 3. The molecule has 0 spiro atoms. The van der Waals surface area contributed by atoms with Crippen molar-refractivity contribution in [3.05, 3.63) is 77.4 Å². The molecular weight excluding hydrogens is 762 g/mol. The van der Waals surface area contributed by atoms with E-state index >= 15 is 0 Å². The SMILES string of the molecule is CCc1cc(N2C(=S)N(c3ccc(C#N)c(C(F)(F)F)c3)C(=O)C2(C)C)ccc1OCCN1CCN(CC(=O)Nc2cccc(NC3CCC(=O)NC3=O)c2)CC1. The van der Waals surface area contributed by atoms with Crippen molar-refractivity contribution in [3.8, 4) is 11.8 Å². The van der Waals surface area contributed by atoms with E-state index in [4.69, 9.17) is 17.0 Å². The number of carbonyl (C=O) groups excluding carboxylic acids is 4. The Morgan fingerprint density at radius 2 is 1.70 bits per heavy atom. The van der Waals surface area contributed by atoms with Crippen LogP contribution in [0.1, 0.15) is 50.3 Å². The second-order valence-corrected chi connectivity index (χ2v) is 14.9. The van der Waals surface area contributed by atoms with Gasteiger partial charge < -0.3 is 20.3 Å². The second-order valence-electron chi connectivity index (χ2n) is 14.5. The molecule has 0 saturated carbocycles. The van der Waals surface area contributed by atoms with Crippen molar-refractivity contribution in [3.63, 3.8) is 0 Å². The van der Waals surface area contributed by atoms with Crippen molar-refractivity contribution < 1.29 is 37.1 Å². The van der Waals surface area contributed by atoms with Crippen LogP contribution >= 0.6 is 12.2 Å². The zero-order valence-electron chi connectivity index (χ0n) is 31.7. The Bertz CT molecular complexity index is 2110. The number of alkyl halides is 3. The van der Waals surface area contributed by atoms with Crippen molar-refractivity contribution >= 4 is 63.7 Å². The molecule has 57 heavy (non-hydrogen) atoms. The van der Waals surface area contributed by atoms with Crippen LogP contribution in [0.3, 0.4) is 0 Å². The number of benzene rings is 3. The zero-order chi connectivity index (χ0) is 41.1. The first-order valence-corrected chi connectivity index (χ1v) is 19.0. The van der Waals surface area contributed by atoms with Gasteiger partial charge in [-0.25, -0.2) is 0 Å². The van der Waals surface area contributed by atoms with Crippen LogP contribution in [0.5, 0.6) is 5.75 Å². The van der Waals surface area contributed by atoms with Gasteiger partial charge in [-0.3, -0.25) is 39.2 Å². The quantitative estimate of drug-likeness (QED) is 0.169. The third kappa shape index (κ3) is 9.19. The number of nitrogens with zero attached hydrogens (tertiary/aromatic N) is 5. The van der Waals surface area contributed by atoms with Gasteiger partial charge in [0.2, 0.25) is 17.7 Å². The maximum atomic E-state index is 13.8. The van der Waals surface area contributed by atoms with E-state index in [1.807, 2.05) is 13.0 Å². The van der Waals surface area contributed by atoms with Crippen LogP contribution in [-0.4, -0.2) is 96.0 Å². The molecule has 0 aliphatic carbocycles. The number of thiocarbonyl (C=S) groups is 1. The first-order chi connectivity index (χ1) is 27.1. The van der Waals surface area contributed by atoms with Crippen molar-refractivity contribution in [2.24, 2.45) is 0 Å². The number of amides is 4. The summed E-state index contributed by atoms with van der Waals surface area (Å²) >= 11 is 5.70. The van der Waals surface area contributed by atoms with Gasteiger partial charge >= 0.3 is 6.18 Å². The average Bonchev–Trinajstić information content (AvgIpc) is 3.34. The fraction of sp³-hybridized carbons (Fsp3) is 0.400. The summed E-state index contributed by atoms with van der Waals surface area (Å²) in [6.07, 6.45) is -3.53. The summed E-state index contributed by atoms with van der Waals surface area (Å²) in [4.78, 5) is 57.1. The summed E-state index contributed by atoms with van der Waals surface area (Å²) in [6, 6.07) is 16.7. The lowest BCUT2D eigenvalue weighted by molar-refractivity contribution is -0.138. The average molecular weight is 805 g/mol. The molecule has 0 bridgehead atoms. The predicted molar refractivity (Wildman–Crippen MR) is 212 cm³/mol. The van der Waals surface area contributed by atoms with Crippen molar-refractivity contribution in [2.75, 3.05) is 66.3 Å². The van der Waals surface area contributed by atoms with Gasteiger partial charge in [0.05, 0.1) is 29.4 Å². The Morgan fingerprint density at radius 3 is 2.39 bits per heavy atom. The number of nitriles is 1. The van der Waals surface area contributed by atoms with Gasteiger partial charge in [0.15, 0.2) is 5.11 Å². The zero-order valence-corrected chi connectivity index (χ0v) is 32.6. The van der Waals surface area contributed by atoms with Crippen LogP contribution in [-0.2, 0) is 31.8 Å². The molecule has 17 heteroatoms. The second kappa shape index (κ2) is 16.9. The Morgan fingerprint density at radius 1 is 1.00 bits per heavy atom. The summed E-state index contributed by atoms with van der Waals surface area (Å²) in [5.41, 5.74) is -0.268. The maximum Gasteiger partial charge on any atom is 0.417 e. The monoisotopic (exact) mass is 804 g/mol. The number of anilines is 4. The first kappa shape index (κ1) is 41.1. The lowest BCUT2D eigenvalue weighted by Gasteiger charge is -2.34. The predicted octanol–water partition coefficient (Wildman–Crippen LogP) is 4.91. The van der Waals surface area contributed by atoms with Crippen LogP contribution in [0.25, 0.3) is 0 Å². The number of nitrogens with one attached hydrogen (secondary N) is 3. The van der Waals surface area contributed by atoms with Gasteiger partial charge in [0.1, 0.15) is 23.9 Å². The van der Waals surface area contributed by atoms with Crippen LogP contribution in [0.2, 0.25) is 0 Å². The Labute approximate surface area is 333 Å². The molecule has 13 nitrogen and oxygen atoms in total. The van der Waals surface area contributed by atoms with Gasteiger partial charge in [-0.15, -0.1) is 0 Å². The van der Waals surface area contributed by atoms with E-state index in [0.29, 0.717) is 61.9 Å². The highest BCUT2D eigenvalue weighted by atomic mass is 32.1. The van der Waals surface area contributed by atoms with Gasteiger partial charge in [-0.1, -0.05) is 13.0 Å². The summed E-state index contributed by atoms with van der Waals surface area (Å²) in [7, 11) is 0. The number of aryl methyl sites for hydroxylation is 1. The summed E-state index contributed by atoms with van der Waals surface area (Å²) < 4.78 is 47.5. The molecule has 3 aliphatic rings. The van der Waals surface area contributed by atoms with Gasteiger partial charge in [0, 0.05) is 56.2 Å². The minimum atomic E-state index is -4.79. The molecule has 4 amide bonds. The first-order valence-electron chi connectivity index (χ1n) is 18.6. The van der Waals surface area contributed by atoms with E-state index in [9.17, 15) is 37.6 Å². The summed E-state index contributed by atoms with van der Waals surface area (Å²) in [5.74, 6) is -0.640. The number of ether oxygens (including phenoxy) is 1. The number of piperidine rings is 1. The molecule has 3 saturated heterocycles. The minimum absolute atomic E-state index is 0.0173. The van der Waals surface area contributed by atoms with Crippen LogP contribution in [0, 0.1) is 11.3 Å². The smallest absolute Gasteiger partial charge is 0.417 e. The fourth-order valence-electron chi connectivity index (χ4n) is 7.16. The molecule has 3 N–H and O–H groups in total. The van der Waals surface area contributed by atoms with Crippen molar-refractivity contribution in [1.82, 2.24) is 15.1 Å². The van der Waals surface area contributed by atoms with E-state index in [-0.39, 0.29) is 41.5 Å². The molecule has 3 aliphatic heterocycles. The van der Waals surface area contributed by atoms with E-state index in [1.54, 1.807) is 61.2 Å². The number of hydrogen-bond acceptors (Lipinski definition) is 10. The number of rotatable bonds is 12. The summed E-state index contributed by atoms with van der Waals surface area (Å²) in [6.45, 7) is 9.47. The minimum Gasteiger partial charge on any atom is -0.492 e. The van der Waals surface area contributed by atoms with Crippen LogP contribution < -0.4 is 30.5 Å². The Kier molecular flexibility index (Phi) is 12.2. The molecule has 6 rings (SSSR count). The highest BCUT2D eigenvalue weighted by Gasteiger charge is 2.51. The highest BCUT2D eigenvalue weighted by molar-refractivity contribution is 7.81. The molecule has 1 atom stereocenters. The van der Waals surface area contributed by atoms with Gasteiger partial charge in [0.25, 0.3) is 5.91 Å². The van der Waals surface area contributed by atoms with Crippen LogP contribution in [0.15, 0.2) is 60.7 Å². The highest BCUT2D eigenvalue weighted by Crippen LogP contribution is 2.40. The van der Waals surface area contributed by atoms with Gasteiger partial charge in [-0.2, -0.15) is 18.4 Å². The molecule has 3 fully saturated rings. The third-order valence-electron chi connectivity index (χ3n) is 10.3. The Hall–Kier alpha value is -5.57. The standard InChI is InChI=1S/C40H43F3N8O5S/c1-4-25-20-30(51-38(57)50(37(55)39(51,2)3)29-9-8-26(23-44)31(22-29)40(41,42)43)10-12-33(25)56-19-18-48-14-16-49(17-15-48)24-35(53)46-28-7-5-6-27(21-28)45-32-11-13-34(52)47-36(32)54/h5-10,12,20-22,32,45H,4,11,13-19,24H2,1-3H3,(H,46,53)(H,47,52,54). The molecule has 3 heterocycles. The summed E-state index contributed by atoms with van der Waals surface area (Å²) in [5, 5.41) is 17.6. The van der Waals surface area contributed by atoms with Crippen molar-refractivity contribution in [1.29, 1.82) is 5.26 Å². The number of carbonyl (C=O) groups is 4. The molecular formula is C40H43F3N8O5S. The van der Waals surface area contributed by atoms with Crippen LogP contribution in [0.4, 0.5) is 35.9 Å². The molecule has 0 radical (unpaired) electrons. The van der Waals surface area contributed by atoms with E-state index in [1.165, 1.54) is 6.07 Å². The number of imide groups is 1. The fourth-order valence-corrected chi connectivity index (χ4v) is 7.68. The topological polar surface area (TPSA) is 150 Å². The number of halogens is 3. The molecule has 300 valence electrons. The lowest BCUT2D eigenvalue weighted by atomic mass is 10.0. The van der Waals surface area contributed by atoms with E-state index in [2.05, 4.69) is 25.8 Å². The lowest BCUT2D eigenvalue weighted by Crippen LogP contribution is -2.49. The molecule has 1 unspecified atom stereocenters. The Balaban J connectivity index is 0.994. The molecule has 0 aromatic heterocycles. The van der Waals surface area contributed by atoms with Gasteiger partial charge in [-0.05, 0) is 99.1 Å². The largest absolute Gasteiger partial charge is 0.492 e. The van der Waals surface area contributed by atoms with E-state index < -0.39 is 34.8 Å². The van der Waals surface area contributed by atoms with E-state index in [0.717, 1.165) is 35.7 Å². The number of piperazine rings is 1. The van der Waals surface area contributed by atoms with Crippen molar-refractivity contribution in [2.45, 2.75) is 57.8 Å². The maximum absolute atomic E-state index is 13.8. The normalized spacial score (nSPS) is 19.0. The third-order valence-corrected chi connectivity index (χ3v) is 10.6. The molecule has 3 aromatic rings.